The molecule has 0 bridgehead atoms. The molecule has 1 heterocycles. The topological polar surface area (TPSA) is 118 Å². The number of carbonyl (C=O) groups is 2. The minimum atomic E-state index is -3.78. The Bertz CT molecular complexity index is 835. The maximum atomic E-state index is 12.0. The zero-order valence-electron chi connectivity index (χ0n) is 18.1. The lowest BCUT2D eigenvalue weighted by Crippen LogP contribution is -2.33. The first-order valence-electron chi connectivity index (χ1n) is 10.2. The van der Waals surface area contributed by atoms with Crippen LogP contribution in [0.1, 0.15) is 5.56 Å². The van der Waals surface area contributed by atoms with E-state index in [2.05, 4.69) is 0 Å². The highest BCUT2D eigenvalue weighted by Crippen LogP contribution is 2.12. The van der Waals surface area contributed by atoms with E-state index >= 15 is 0 Å². The monoisotopic (exact) mass is 471 g/mol. The third kappa shape index (κ3) is 9.55. The summed E-state index contributed by atoms with van der Waals surface area (Å²) in [5.74, 6) is -0.647. The summed E-state index contributed by atoms with van der Waals surface area (Å²) in [5, 5.41) is 0. The number of ether oxygens (including phenoxy) is 4. The molecule has 2 amide bonds. The zero-order valence-corrected chi connectivity index (χ0v) is 18.9. The molecule has 32 heavy (non-hydrogen) atoms. The molecule has 10 nitrogen and oxygen atoms in total. The number of carbonyl (C=O) groups excluding carboxylic acids is 2. The van der Waals surface area contributed by atoms with Gasteiger partial charge in [0.1, 0.15) is 0 Å². The maximum absolute atomic E-state index is 12.0. The van der Waals surface area contributed by atoms with E-state index in [9.17, 15) is 18.0 Å². The van der Waals surface area contributed by atoms with Gasteiger partial charge in [-0.2, -0.15) is 8.42 Å². The lowest BCUT2D eigenvalue weighted by Gasteiger charge is -2.13. The molecule has 0 atom stereocenters. The van der Waals surface area contributed by atoms with Crippen LogP contribution in [-0.4, -0.2) is 91.1 Å². The SMILES string of the molecule is Cc1ccc(S(=O)(=O)OCCOCCOCCOCCOCCN2C(=O)C=CC2=O)cc1. The molecule has 11 heteroatoms. The lowest BCUT2D eigenvalue weighted by molar-refractivity contribution is -0.137. The van der Waals surface area contributed by atoms with Crippen LogP contribution < -0.4 is 0 Å². The minimum absolute atomic E-state index is 0.0735. The summed E-state index contributed by atoms with van der Waals surface area (Å²) in [6.45, 7) is 4.53. The van der Waals surface area contributed by atoms with Crippen molar-refractivity contribution in [1.29, 1.82) is 0 Å². The molecule has 178 valence electrons. The number of aryl methyl sites for hydroxylation is 1. The van der Waals surface area contributed by atoms with Gasteiger partial charge in [-0.3, -0.25) is 18.7 Å². The van der Waals surface area contributed by atoms with Crippen molar-refractivity contribution in [1.82, 2.24) is 4.90 Å². The van der Waals surface area contributed by atoms with Crippen molar-refractivity contribution in [3.63, 3.8) is 0 Å². The fourth-order valence-electron chi connectivity index (χ4n) is 2.54. The van der Waals surface area contributed by atoms with Crippen molar-refractivity contribution < 1.29 is 41.1 Å². The summed E-state index contributed by atoms with van der Waals surface area (Å²) in [6, 6.07) is 6.43. The van der Waals surface area contributed by atoms with Gasteiger partial charge in [0.25, 0.3) is 21.9 Å². The molecule has 0 aliphatic carbocycles. The molecule has 0 spiro atoms. The Morgan fingerprint density at radius 1 is 0.688 bits per heavy atom. The van der Waals surface area contributed by atoms with E-state index in [1.165, 1.54) is 24.3 Å². The fourth-order valence-corrected chi connectivity index (χ4v) is 3.44. The molecular formula is C21H29NO9S. The highest BCUT2D eigenvalue weighted by Gasteiger charge is 2.22. The number of hydrogen-bond acceptors (Lipinski definition) is 9. The van der Waals surface area contributed by atoms with Gasteiger partial charge in [0.15, 0.2) is 0 Å². The van der Waals surface area contributed by atoms with E-state index in [1.54, 1.807) is 12.1 Å². The first-order valence-corrected chi connectivity index (χ1v) is 11.6. The summed E-state index contributed by atoms with van der Waals surface area (Å²) < 4.78 is 50.2. The van der Waals surface area contributed by atoms with Crippen molar-refractivity contribution in [2.45, 2.75) is 11.8 Å². The van der Waals surface area contributed by atoms with E-state index in [0.29, 0.717) is 39.6 Å². The van der Waals surface area contributed by atoms with E-state index in [4.69, 9.17) is 23.1 Å². The van der Waals surface area contributed by atoms with Gasteiger partial charge < -0.3 is 18.9 Å². The van der Waals surface area contributed by atoms with Gasteiger partial charge in [0, 0.05) is 12.2 Å². The fraction of sp³-hybridized carbons (Fsp3) is 0.524. The summed E-state index contributed by atoms with van der Waals surface area (Å²) in [6.07, 6.45) is 2.47. The number of hydrogen-bond donors (Lipinski definition) is 0. The van der Waals surface area contributed by atoms with Crippen molar-refractivity contribution in [3.05, 3.63) is 42.0 Å². The first kappa shape index (κ1) is 26.1. The molecule has 2 rings (SSSR count). The van der Waals surface area contributed by atoms with Crippen LogP contribution in [0.3, 0.4) is 0 Å². The molecular weight excluding hydrogens is 442 g/mol. The van der Waals surface area contributed by atoms with Gasteiger partial charge in [-0.25, -0.2) is 0 Å². The Kier molecular flexibility index (Phi) is 11.5. The van der Waals surface area contributed by atoms with Crippen molar-refractivity contribution in [2.24, 2.45) is 0 Å². The van der Waals surface area contributed by atoms with E-state index < -0.39 is 10.1 Å². The Morgan fingerprint density at radius 2 is 1.12 bits per heavy atom. The molecule has 0 radical (unpaired) electrons. The van der Waals surface area contributed by atoms with Crippen molar-refractivity contribution >= 4 is 21.9 Å². The van der Waals surface area contributed by atoms with Crippen LogP contribution in [-0.2, 0) is 42.8 Å². The summed E-state index contributed by atoms with van der Waals surface area (Å²) >= 11 is 0. The van der Waals surface area contributed by atoms with Gasteiger partial charge in [-0.15, -0.1) is 0 Å². The molecule has 0 N–H and O–H groups in total. The van der Waals surface area contributed by atoms with Gasteiger partial charge in [0.05, 0.1) is 70.9 Å². The highest BCUT2D eigenvalue weighted by molar-refractivity contribution is 7.86. The Morgan fingerprint density at radius 3 is 1.62 bits per heavy atom. The number of benzene rings is 1. The Labute approximate surface area is 188 Å². The van der Waals surface area contributed by atoms with E-state index in [-0.39, 0.29) is 43.1 Å². The normalized spacial score (nSPS) is 14.0. The van der Waals surface area contributed by atoms with Crippen LogP contribution in [0.5, 0.6) is 0 Å². The largest absolute Gasteiger partial charge is 0.377 e. The number of nitrogens with zero attached hydrogens (tertiary/aromatic N) is 1. The molecule has 0 fully saturated rings. The number of imide groups is 1. The predicted molar refractivity (Wildman–Crippen MR) is 113 cm³/mol. The quantitative estimate of drug-likeness (QED) is 0.184. The second kappa shape index (κ2) is 14.1. The molecule has 0 saturated carbocycles. The first-order chi connectivity index (χ1) is 15.4. The van der Waals surface area contributed by atoms with Crippen molar-refractivity contribution in [2.75, 3.05) is 66.0 Å². The van der Waals surface area contributed by atoms with Gasteiger partial charge in [0.2, 0.25) is 0 Å². The lowest BCUT2D eigenvalue weighted by atomic mass is 10.2. The zero-order chi connectivity index (χ0) is 23.2. The number of amides is 2. The molecule has 1 aromatic rings. The Hall–Kier alpha value is -2.15. The average Bonchev–Trinajstić information content (AvgIpc) is 3.08. The van der Waals surface area contributed by atoms with Gasteiger partial charge >= 0.3 is 0 Å². The standard InChI is InChI=1S/C21H29NO9S/c1-18-2-4-19(5-3-18)32(25,26)31-17-16-30-15-14-29-13-12-28-11-10-27-9-8-22-20(23)6-7-21(22)24/h2-7H,8-17H2,1H3. The molecule has 0 unspecified atom stereocenters. The van der Waals surface area contributed by atoms with Crippen LogP contribution >= 0.6 is 0 Å². The summed E-state index contributed by atoms with van der Waals surface area (Å²) in [7, 11) is -3.78. The van der Waals surface area contributed by atoms with Crippen LogP contribution in [0.2, 0.25) is 0 Å². The smallest absolute Gasteiger partial charge is 0.297 e. The maximum Gasteiger partial charge on any atom is 0.297 e. The van der Waals surface area contributed by atoms with Gasteiger partial charge in [-0.05, 0) is 19.1 Å². The molecule has 0 saturated heterocycles. The second-order valence-corrected chi connectivity index (χ2v) is 8.32. The molecule has 1 aliphatic heterocycles. The van der Waals surface area contributed by atoms with Crippen LogP contribution in [0, 0.1) is 6.92 Å². The summed E-state index contributed by atoms with van der Waals surface area (Å²) in [5.41, 5.74) is 0.967. The van der Waals surface area contributed by atoms with Crippen LogP contribution in [0.25, 0.3) is 0 Å². The van der Waals surface area contributed by atoms with Gasteiger partial charge in [-0.1, -0.05) is 17.7 Å². The highest BCUT2D eigenvalue weighted by atomic mass is 32.2. The van der Waals surface area contributed by atoms with Crippen LogP contribution in [0.4, 0.5) is 0 Å². The third-order valence-electron chi connectivity index (χ3n) is 4.25. The summed E-state index contributed by atoms with van der Waals surface area (Å²) in [4.78, 5) is 23.9. The molecule has 0 aromatic heterocycles. The van der Waals surface area contributed by atoms with E-state index in [1.807, 2.05) is 6.92 Å². The predicted octanol–water partition coefficient (Wildman–Crippen LogP) is 0.692. The second-order valence-electron chi connectivity index (χ2n) is 6.70. The van der Waals surface area contributed by atoms with E-state index in [0.717, 1.165) is 10.5 Å². The third-order valence-corrected chi connectivity index (χ3v) is 5.58. The molecule has 1 aromatic carbocycles. The molecule has 1 aliphatic rings. The average molecular weight is 472 g/mol. The van der Waals surface area contributed by atoms with Crippen LogP contribution in [0.15, 0.2) is 41.3 Å². The Balaban J connectivity index is 1.35. The van der Waals surface area contributed by atoms with Crippen molar-refractivity contribution in [3.8, 4) is 0 Å². The minimum Gasteiger partial charge on any atom is -0.377 e. The number of rotatable bonds is 17.